The SMILES string of the molecule is NC(=O)CCC(NC(=O)C(CC(=O)O)NC(=O)C(Cc1ccccc1)NC(=O)C(N)CCC(=O)O)C(=O)O. The van der Waals surface area contributed by atoms with Crippen LogP contribution in [0.1, 0.15) is 37.7 Å². The summed E-state index contributed by atoms with van der Waals surface area (Å²) in [6.07, 6.45) is -2.38. The summed E-state index contributed by atoms with van der Waals surface area (Å²) in [5.41, 5.74) is 11.3. The van der Waals surface area contributed by atoms with Gasteiger partial charge in [0.15, 0.2) is 0 Å². The lowest BCUT2D eigenvalue weighted by atomic mass is 10.0. The van der Waals surface area contributed by atoms with Crippen LogP contribution in [0.3, 0.4) is 0 Å². The van der Waals surface area contributed by atoms with Gasteiger partial charge < -0.3 is 42.7 Å². The molecule has 0 aliphatic heterocycles. The number of rotatable bonds is 17. The Kier molecular flexibility index (Phi) is 12.9. The summed E-state index contributed by atoms with van der Waals surface area (Å²) in [5, 5.41) is 34.0. The highest BCUT2D eigenvalue weighted by Gasteiger charge is 2.32. The number of carbonyl (C=O) groups is 7. The number of nitrogens with one attached hydrogen (secondary N) is 3. The molecule has 0 aliphatic carbocycles. The predicted molar refractivity (Wildman–Crippen MR) is 129 cm³/mol. The maximum Gasteiger partial charge on any atom is 0.326 e. The minimum atomic E-state index is -1.74. The Morgan fingerprint density at radius 2 is 1.26 bits per heavy atom. The van der Waals surface area contributed by atoms with Gasteiger partial charge in [0.2, 0.25) is 23.6 Å². The number of carboxylic acid groups (broad SMARTS) is 3. The van der Waals surface area contributed by atoms with Crippen molar-refractivity contribution in [2.45, 2.75) is 62.7 Å². The van der Waals surface area contributed by atoms with E-state index >= 15 is 0 Å². The summed E-state index contributed by atoms with van der Waals surface area (Å²) >= 11 is 0. The molecule has 4 unspecified atom stereocenters. The molecule has 0 saturated heterocycles. The normalized spacial score (nSPS) is 13.7. The van der Waals surface area contributed by atoms with E-state index in [9.17, 15) is 43.8 Å². The van der Waals surface area contributed by atoms with Crippen LogP contribution in [0.25, 0.3) is 0 Å². The van der Waals surface area contributed by atoms with Crippen LogP contribution in [-0.4, -0.2) is 81.0 Å². The van der Waals surface area contributed by atoms with E-state index < -0.39 is 78.5 Å². The van der Waals surface area contributed by atoms with Crippen molar-refractivity contribution in [3.63, 3.8) is 0 Å². The minimum Gasteiger partial charge on any atom is -0.481 e. The molecule has 1 aromatic carbocycles. The van der Waals surface area contributed by atoms with Crippen LogP contribution in [0.4, 0.5) is 0 Å². The van der Waals surface area contributed by atoms with Crippen molar-refractivity contribution in [1.82, 2.24) is 16.0 Å². The van der Waals surface area contributed by atoms with E-state index in [0.29, 0.717) is 5.56 Å². The number of carbonyl (C=O) groups excluding carboxylic acids is 4. The van der Waals surface area contributed by atoms with Crippen LogP contribution in [0.5, 0.6) is 0 Å². The van der Waals surface area contributed by atoms with Crippen molar-refractivity contribution in [2.75, 3.05) is 0 Å². The van der Waals surface area contributed by atoms with Crippen molar-refractivity contribution < 1.29 is 48.9 Å². The molecule has 0 bridgehead atoms. The van der Waals surface area contributed by atoms with E-state index in [1.807, 2.05) is 0 Å². The van der Waals surface area contributed by atoms with E-state index in [1.54, 1.807) is 30.3 Å². The first-order valence-corrected chi connectivity index (χ1v) is 11.5. The minimum absolute atomic E-state index is 0.0954. The number of aliphatic carboxylic acids is 3. The molecule has 208 valence electrons. The van der Waals surface area contributed by atoms with Crippen LogP contribution in [0, 0.1) is 0 Å². The van der Waals surface area contributed by atoms with E-state index in [-0.39, 0.29) is 25.7 Å². The fourth-order valence-corrected chi connectivity index (χ4v) is 3.22. The monoisotopic (exact) mass is 537 g/mol. The number of benzene rings is 1. The molecular weight excluding hydrogens is 506 g/mol. The lowest BCUT2D eigenvalue weighted by molar-refractivity contribution is -0.144. The Morgan fingerprint density at radius 3 is 1.79 bits per heavy atom. The van der Waals surface area contributed by atoms with Gasteiger partial charge in [0.05, 0.1) is 12.5 Å². The molecular formula is C23H31N5O10. The number of hydrogen-bond donors (Lipinski definition) is 8. The van der Waals surface area contributed by atoms with E-state index in [4.69, 9.17) is 16.6 Å². The topological polar surface area (TPSA) is 268 Å². The van der Waals surface area contributed by atoms with Gasteiger partial charge in [0, 0.05) is 19.3 Å². The Labute approximate surface area is 216 Å². The largest absolute Gasteiger partial charge is 0.481 e. The Balaban J connectivity index is 3.09. The molecule has 1 aromatic rings. The third-order valence-electron chi connectivity index (χ3n) is 5.23. The Bertz CT molecular complexity index is 1030. The van der Waals surface area contributed by atoms with Gasteiger partial charge >= 0.3 is 17.9 Å². The molecule has 0 radical (unpaired) electrons. The van der Waals surface area contributed by atoms with Gasteiger partial charge in [-0.25, -0.2) is 4.79 Å². The maximum absolute atomic E-state index is 13.1. The molecule has 15 heteroatoms. The Morgan fingerprint density at radius 1 is 0.711 bits per heavy atom. The van der Waals surface area contributed by atoms with Gasteiger partial charge in [-0.15, -0.1) is 0 Å². The van der Waals surface area contributed by atoms with Crippen molar-refractivity contribution in [1.29, 1.82) is 0 Å². The maximum atomic E-state index is 13.1. The van der Waals surface area contributed by atoms with E-state index in [1.165, 1.54) is 0 Å². The lowest BCUT2D eigenvalue weighted by Crippen LogP contribution is -2.58. The molecule has 10 N–H and O–H groups in total. The first kappa shape index (κ1) is 31.5. The molecule has 0 aliphatic rings. The van der Waals surface area contributed by atoms with Gasteiger partial charge in [0.25, 0.3) is 0 Å². The Hall–Kier alpha value is -4.53. The zero-order valence-corrected chi connectivity index (χ0v) is 20.3. The first-order valence-electron chi connectivity index (χ1n) is 11.5. The molecule has 0 spiro atoms. The van der Waals surface area contributed by atoms with E-state index in [0.717, 1.165) is 0 Å². The predicted octanol–water partition coefficient (Wildman–Crippen LogP) is -2.30. The van der Waals surface area contributed by atoms with Gasteiger partial charge in [-0.2, -0.15) is 0 Å². The quantitative estimate of drug-likeness (QED) is 0.105. The van der Waals surface area contributed by atoms with Crippen LogP contribution in [0.2, 0.25) is 0 Å². The van der Waals surface area contributed by atoms with Gasteiger partial charge in [0.1, 0.15) is 18.1 Å². The third kappa shape index (κ3) is 11.9. The standard InChI is InChI=1S/C23H31N5O10/c24-13(6-9-18(30)31)20(34)27-15(10-12-4-2-1-3-5-12)21(35)28-16(11-19(32)33)22(36)26-14(23(37)38)7-8-17(25)29/h1-5,13-16H,6-11,24H2,(H2,25,29)(H,26,36)(H,27,34)(H,28,35)(H,30,31)(H,32,33)(H,37,38). The number of nitrogens with two attached hydrogens (primary N) is 2. The van der Waals surface area contributed by atoms with Crippen LogP contribution >= 0.6 is 0 Å². The molecule has 1 rings (SSSR count). The smallest absolute Gasteiger partial charge is 0.326 e. The fraction of sp³-hybridized carbons (Fsp3) is 0.435. The zero-order chi connectivity index (χ0) is 28.8. The molecule has 0 fully saturated rings. The number of amides is 4. The number of hydrogen-bond acceptors (Lipinski definition) is 8. The van der Waals surface area contributed by atoms with Crippen molar-refractivity contribution in [2.24, 2.45) is 11.5 Å². The van der Waals surface area contributed by atoms with Crippen LogP contribution < -0.4 is 27.4 Å². The van der Waals surface area contributed by atoms with Gasteiger partial charge in [-0.05, 0) is 18.4 Å². The average molecular weight is 538 g/mol. The van der Waals surface area contributed by atoms with Gasteiger partial charge in [-0.3, -0.25) is 28.8 Å². The molecule has 38 heavy (non-hydrogen) atoms. The molecule has 0 aromatic heterocycles. The fourth-order valence-electron chi connectivity index (χ4n) is 3.22. The molecule has 4 atom stereocenters. The van der Waals surface area contributed by atoms with Crippen LogP contribution in [-0.2, 0) is 40.0 Å². The lowest BCUT2D eigenvalue weighted by Gasteiger charge is -2.24. The average Bonchev–Trinajstić information content (AvgIpc) is 2.83. The summed E-state index contributed by atoms with van der Waals surface area (Å²) < 4.78 is 0. The molecule has 15 nitrogen and oxygen atoms in total. The second kappa shape index (κ2) is 15.6. The highest BCUT2D eigenvalue weighted by molar-refractivity contribution is 5.95. The second-order valence-electron chi connectivity index (χ2n) is 8.35. The third-order valence-corrected chi connectivity index (χ3v) is 5.23. The van der Waals surface area contributed by atoms with Crippen molar-refractivity contribution >= 4 is 41.5 Å². The summed E-state index contributed by atoms with van der Waals surface area (Å²) in [6, 6.07) is 2.40. The zero-order valence-electron chi connectivity index (χ0n) is 20.3. The molecule has 4 amide bonds. The van der Waals surface area contributed by atoms with Crippen LogP contribution in [0.15, 0.2) is 30.3 Å². The van der Waals surface area contributed by atoms with Gasteiger partial charge in [-0.1, -0.05) is 30.3 Å². The first-order chi connectivity index (χ1) is 17.8. The number of primary amides is 1. The highest BCUT2D eigenvalue weighted by atomic mass is 16.4. The molecule has 0 heterocycles. The number of carboxylic acids is 3. The van der Waals surface area contributed by atoms with E-state index in [2.05, 4.69) is 16.0 Å². The highest BCUT2D eigenvalue weighted by Crippen LogP contribution is 2.07. The van der Waals surface area contributed by atoms with Crippen molar-refractivity contribution in [3.05, 3.63) is 35.9 Å². The van der Waals surface area contributed by atoms with Crippen molar-refractivity contribution in [3.8, 4) is 0 Å². The second-order valence-corrected chi connectivity index (χ2v) is 8.35. The summed E-state index contributed by atoms with van der Waals surface area (Å²) in [4.78, 5) is 82.8. The summed E-state index contributed by atoms with van der Waals surface area (Å²) in [6.45, 7) is 0. The summed E-state index contributed by atoms with van der Waals surface area (Å²) in [7, 11) is 0. The summed E-state index contributed by atoms with van der Waals surface area (Å²) in [5.74, 6) is -7.97. The molecule has 0 saturated carbocycles.